The van der Waals surface area contributed by atoms with Crippen molar-refractivity contribution in [1.82, 2.24) is 4.90 Å². The number of hydrogen-bond donors (Lipinski definition) is 1. The second kappa shape index (κ2) is 6.33. The zero-order valence-electron chi connectivity index (χ0n) is 14.1. The summed E-state index contributed by atoms with van der Waals surface area (Å²) in [7, 11) is 0. The predicted molar refractivity (Wildman–Crippen MR) is 84.7 cm³/mol. The fraction of sp³-hybridized carbons (Fsp3) is 1.00. The van der Waals surface area contributed by atoms with Crippen molar-refractivity contribution < 1.29 is 4.74 Å². The number of hydrogen-bond acceptors (Lipinski definition) is 3. The highest BCUT2D eigenvalue weighted by atomic mass is 16.5. The molecular formula is C17H34N2O. The Labute approximate surface area is 125 Å². The largest absolute Gasteiger partial charge is 0.378 e. The molecule has 0 radical (unpaired) electrons. The molecule has 0 aliphatic carbocycles. The summed E-state index contributed by atoms with van der Waals surface area (Å²) in [4.78, 5) is 2.74. The molecule has 2 fully saturated rings. The SMILES string of the molecule is CC1CC(C)C(C)N(C2(CN)CCOC(C(C)C)C2)C1. The van der Waals surface area contributed by atoms with Crippen LogP contribution in [0, 0.1) is 17.8 Å². The molecule has 0 aromatic heterocycles. The number of likely N-dealkylation sites (tertiary alicyclic amines) is 1. The van der Waals surface area contributed by atoms with Crippen molar-refractivity contribution in [2.75, 3.05) is 19.7 Å². The molecule has 2 aliphatic heterocycles. The monoisotopic (exact) mass is 282 g/mol. The van der Waals surface area contributed by atoms with Gasteiger partial charge in [-0.05, 0) is 43.9 Å². The quantitative estimate of drug-likeness (QED) is 0.865. The lowest BCUT2D eigenvalue weighted by Gasteiger charge is -2.55. The molecule has 2 N–H and O–H groups in total. The molecule has 5 atom stereocenters. The van der Waals surface area contributed by atoms with Gasteiger partial charge in [-0.1, -0.05) is 27.7 Å². The van der Waals surface area contributed by atoms with E-state index in [-0.39, 0.29) is 5.54 Å². The second-order valence-electron chi connectivity index (χ2n) is 7.75. The lowest BCUT2D eigenvalue weighted by Crippen LogP contribution is -2.64. The Kier molecular flexibility index (Phi) is 5.14. The summed E-state index contributed by atoms with van der Waals surface area (Å²) < 4.78 is 5.99. The van der Waals surface area contributed by atoms with Gasteiger partial charge in [-0.25, -0.2) is 0 Å². The van der Waals surface area contributed by atoms with Crippen LogP contribution in [0.2, 0.25) is 0 Å². The van der Waals surface area contributed by atoms with Crippen molar-refractivity contribution in [3.63, 3.8) is 0 Å². The summed E-state index contributed by atoms with van der Waals surface area (Å²) >= 11 is 0. The summed E-state index contributed by atoms with van der Waals surface area (Å²) in [5.74, 6) is 2.13. The Morgan fingerprint density at radius 2 is 2.00 bits per heavy atom. The molecule has 3 heteroatoms. The number of nitrogens with zero attached hydrogens (tertiary/aromatic N) is 1. The molecule has 2 heterocycles. The maximum absolute atomic E-state index is 6.29. The fourth-order valence-corrected chi connectivity index (χ4v) is 4.27. The first-order chi connectivity index (χ1) is 9.39. The molecule has 2 aliphatic rings. The molecule has 20 heavy (non-hydrogen) atoms. The van der Waals surface area contributed by atoms with Crippen molar-refractivity contribution >= 4 is 0 Å². The van der Waals surface area contributed by atoms with Crippen LogP contribution >= 0.6 is 0 Å². The van der Waals surface area contributed by atoms with Crippen molar-refractivity contribution in [2.24, 2.45) is 23.5 Å². The molecule has 2 saturated heterocycles. The highest BCUT2D eigenvalue weighted by Crippen LogP contribution is 2.39. The highest BCUT2D eigenvalue weighted by Gasteiger charge is 2.46. The minimum atomic E-state index is 0.162. The molecule has 0 saturated carbocycles. The lowest BCUT2D eigenvalue weighted by atomic mass is 9.76. The zero-order chi connectivity index (χ0) is 14.9. The summed E-state index contributed by atoms with van der Waals surface area (Å²) in [5, 5.41) is 0. The van der Waals surface area contributed by atoms with Gasteiger partial charge < -0.3 is 10.5 Å². The van der Waals surface area contributed by atoms with E-state index in [9.17, 15) is 0 Å². The molecule has 3 nitrogen and oxygen atoms in total. The van der Waals surface area contributed by atoms with Crippen LogP contribution in [-0.2, 0) is 4.74 Å². The van der Waals surface area contributed by atoms with Crippen molar-refractivity contribution in [3.8, 4) is 0 Å². The van der Waals surface area contributed by atoms with Gasteiger partial charge in [0.2, 0.25) is 0 Å². The van der Waals surface area contributed by atoms with Crippen molar-refractivity contribution in [2.45, 2.75) is 71.6 Å². The van der Waals surface area contributed by atoms with E-state index in [2.05, 4.69) is 39.5 Å². The third kappa shape index (κ3) is 3.05. The van der Waals surface area contributed by atoms with E-state index in [1.807, 2.05) is 0 Å². The first-order valence-corrected chi connectivity index (χ1v) is 8.48. The summed E-state index contributed by atoms with van der Waals surface area (Å²) in [6.07, 6.45) is 3.91. The Hall–Kier alpha value is -0.120. The Morgan fingerprint density at radius 3 is 2.60 bits per heavy atom. The molecule has 0 aromatic rings. The maximum atomic E-state index is 6.29. The van der Waals surface area contributed by atoms with Gasteiger partial charge in [-0.3, -0.25) is 4.90 Å². The molecule has 0 aromatic carbocycles. The van der Waals surface area contributed by atoms with E-state index < -0.39 is 0 Å². The topological polar surface area (TPSA) is 38.5 Å². The normalized spacial score (nSPS) is 44.0. The third-order valence-corrected chi connectivity index (χ3v) is 5.81. The summed E-state index contributed by atoms with van der Waals surface area (Å²) in [6.45, 7) is 14.6. The molecule has 118 valence electrons. The lowest BCUT2D eigenvalue weighted by molar-refractivity contribution is -0.115. The number of nitrogens with two attached hydrogens (primary N) is 1. The van der Waals surface area contributed by atoms with Crippen LogP contribution in [0.3, 0.4) is 0 Å². The number of piperidine rings is 1. The molecular weight excluding hydrogens is 248 g/mol. The van der Waals surface area contributed by atoms with Crippen LogP contribution in [0.15, 0.2) is 0 Å². The van der Waals surface area contributed by atoms with Crippen LogP contribution in [0.4, 0.5) is 0 Å². The average Bonchev–Trinajstić information content (AvgIpc) is 2.42. The second-order valence-corrected chi connectivity index (χ2v) is 7.75. The van der Waals surface area contributed by atoms with Gasteiger partial charge in [0.25, 0.3) is 0 Å². The molecule has 0 bridgehead atoms. The van der Waals surface area contributed by atoms with E-state index in [4.69, 9.17) is 10.5 Å². The van der Waals surface area contributed by atoms with E-state index in [1.165, 1.54) is 13.0 Å². The smallest absolute Gasteiger partial charge is 0.0616 e. The van der Waals surface area contributed by atoms with Crippen LogP contribution in [0.1, 0.15) is 53.9 Å². The van der Waals surface area contributed by atoms with Crippen LogP contribution in [0.25, 0.3) is 0 Å². The minimum Gasteiger partial charge on any atom is -0.378 e. The minimum absolute atomic E-state index is 0.162. The molecule has 0 spiro atoms. The van der Waals surface area contributed by atoms with Gasteiger partial charge in [0.15, 0.2) is 0 Å². The summed E-state index contributed by atoms with van der Waals surface area (Å²) in [5.41, 5.74) is 6.45. The maximum Gasteiger partial charge on any atom is 0.0616 e. The van der Waals surface area contributed by atoms with Gasteiger partial charge >= 0.3 is 0 Å². The number of ether oxygens (including phenoxy) is 1. The fourth-order valence-electron chi connectivity index (χ4n) is 4.27. The van der Waals surface area contributed by atoms with Crippen LogP contribution in [0.5, 0.6) is 0 Å². The first kappa shape index (κ1) is 16.3. The molecule has 0 amide bonds. The highest BCUT2D eigenvalue weighted by molar-refractivity contribution is 5.01. The third-order valence-electron chi connectivity index (χ3n) is 5.81. The van der Waals surface area contributed by atoms with Gasteiger partial charge in [-0.15, -0.1) is 0 Å². The Bertz CT molecular complexity index is 320. The van der Waals surface area contributed by atoms with Gasteiger partial charge in [-0.2, -0.15) is 0 Å². The zero-order valence-corrected chi connectivity index (χ0v) is 14.1. The molecule has 5 unspecified atom stereocenters. The van der Waals surface area contributed by atoms with E-state index >= 15 is 0 Å². The van der Waals surface area contributed by atoms with Crippen molar-refractivity contribution in [3.05, 3.63) is 0 Å². The van der Waals surface area contributed by atoms with E-state index in [1.54, 1.807) is 0 Å². The molecule has 2 rings (SSSR count). The van der Waals surface area contributed by atoms with Crippen LogP contribution < -0.4 is 5.73 Å². The van der Waals surface area contributed by atoms with Crippen LogP contribution in [-0.4, -0.2) is 42.3 Å². The Balaban J connectivity index is 2.20. The van der Waals surface area contributed by atoms with Gasteiger partial charge in [0.1, 0.15) is 0 Å². The standard InChI is InChI=1S/C17H34N2O/c1-12(2)16-9-17(11-18,6-7-20-16)19-10-13(3)8-14(4)15(19)5/h12-16H,6-11,18H2,1-5H3. The van der Waals surface area contributed by atoms with E-state index in [0.717, 1.165) is 37.8 Å². The Morgan fingerprint density at radius 1 is 1.30 bits per heavy atom. The van der Waals surface area contributed by atoms with Gasteiger partial charge in [0.05, 0.1) is 6.10 Å². The van der Waals surface area contributed by atoms with Gasteiger partial charge in [0, 0.05) is 31.3 Å². The average molecular weight is 282 g/mol. The predicted octanol–water partition coefficient (Wildman–Crippen LogP) is 2.89. The number of rotatable bonds is 3. The van der Waals surface area contributed by atoms with E-state index in [0.29, 0.717) is 18.1 Å². The summed E-state index contributed by atoms with van der Waals surface area (Å²) in [6, 6.07) is 0.640. The van der Waals surface area contributed by atoms with Crippen molar-refractivity contribution in [1.29, 1.82) is 0 Å². The first-order valence-electron chi connectivity index (χ1n) is 8.48.